The molecule has 0 radical (unpaired) electrons. The van der Waals surface area contributed by atoms with Crippen LogP contribution in [0.25, 0.3) is 0 Å². The van der Waals surface area contributed by atoms with Crippen molar-refractivity contribution in [1.82, 2.24) is 9.78 Å². The van der Waals surface area contributed by atoms with E-state index in [1.54, 1.807) is 13.3 Å². The van der Waals surface area contributed by atoms with Crippen molar-refractivity contribution < 1.29 is 9.84 Å². The summed E-state index contributed by atoms with van der Waals surface area (Å²) in [4.78, 5) is 0. The third-order valence-corrected chi connectivity index (χ3v) is 3.71. The highest BCUT2D eigenvalue weighted by Gasteiger charge is 2.29. The third-order valence-electron chi connectivity index (χ3n) is 3.42. The predicted octanol–water partition coefficient (Wildman–Crippen LogP) is 2.20. The van der Waals surface area contributed by atoms with Gasteiger partial charge in [-0.05, 0) is 12.8 Å². The molecule has 1 aromatic rings. The third kappa shape index (κ3) is 2.81. The second-order valence-corrected chi connectivity index (χ2v) is 4.96. The summed E-state index contributed by atoms with van der Waals surface area (Å²) in [5.74, 6) is 0.121. The number of halogens is 1. The van der Waals surface area contributed by atoms with E-state index in [9.17, 15) is 5.11 Å². The average molecular weight is 259 g/mol. The molecule has 1 aliphatic rings. The minimum atomic E-state index is -0.292. The van der Waals surface area contributed by atoms with E-state index < -0.39 is 0 Å². The molecule has 1 saturated carbocycles. The van der Waals surface area contributed by atoms with Crippen molar-refractivity contribution in [3.63, 3.8) is 0 Å². The number of ether oxygens (including phenoxy) is 1. The van der Waals surface area contributed by atoms with Crippen molar-refractivity contribution in [1.29, 1.82) is 0 Å². The highest BCUT2D eigenvalue weighted by atomic mass is 35.5. The van der Waals surface area contributed by atoms with E-state index in [0.29, 0.717) is 18.2 Å². The van der Waals surface area contributed by atoms with Gasteiger partial charge in [0, 0.05) is 13.0 Å². The summed E-state index contributed by atoms with van der Waals surface area (Å²) in [6.07, 6.45) is 5.46. The summed E-state index contributed by atoms with van der Waals surface area (Å²) in [6, 6.07) is 0. The van der Waals surface area contributed by atoms with E-state index in [-0.39, 0.29) is 12.0 Å². The minimum absolute atomic E-state index is 0.121. The van der Waals surface area contributed by atoms with Crippen LogP contribution in [0.3, 0.4) is 0 Å². The van der Waals surface area contributed by atoms with E-state index in [1.807, 2.05) is 4.68 Å². The van der Waals surface area contributed by atoms with Crippen LogP contribution >= 0.6 is 11.6 Å². The van der Waals surface area contributed by atoms with Gasteiger partial charge >= 0.3 is 0 Å². The highest BCUT2D eigenvalue weighted by molar-refractivity contribution is 6.31. The SMILES string of the molecule is COCCn1ncc(Cl)c1C1CCCCC1O. The van der Waals surface area contributed by atoms with Gasteiger partial charge in [-0.1, -0.05) is 24.4 Å². The summed E-state index contributed by atoms with van der Waals surface area (Å²) >= 11 is 6.19. The lowest BCUT2D eigenvalue weighted by molar-refractivity contribution is 0.101. The minimum Gasteiger partial charge on any atom is -0.392 e. The maximum absolute atomic E-state index is 10.1. The summed E-state index contributed by atoms with van der Waals surface area (Å²) in [5, 5.41) is 15.0. The molecule has 2 rings (SSSR count). The second kappa shape index (κ2) is 5.85. The zero-order valence-corrected chi connectivity index (χ0v) is 10.9. The molecule has 17 heavy (non-hydrogen) atoms. The molecule has 1 aromatic heterocycles. The molecule has 2 unspecified atom stereocenters. The Hall–Kier alpha value is -0.580. The van der Waals surface area contributed by atoms with Crippen LogP contribution in [0.1, 0.15) is 37.3 Å². The van der Waals surface area contributed by atoms with Crippen molar-refractivity contribution in [2.24, 2.45) is 0 Å². The standard InChI is InChI=1S/C12H19ClN2O2/c1-17-7-6-15-12(10(13)8-14-15)9-4-2-3-5-11(9)16/h8-9,11,16H,2-7H2,1H3. The normalized spacial score (nSPS) is 25.1. The van der Waals surface area contributed by atoms with Gasteiger partial charge in [0.2, 0.25) is 0 Å². The van der Waals surface area contributed by atoms with Crippen LogP contribution in [0.2, 0.25) is 5.02 Å². The van der Waals surface area contributed by atoms with E-state index in [0.717, 1.165) is 31.4 Å². The Balaban J connectivity index is 2.19. The molecule has 0 saturated heterocycles. The molecular formula is C12H19ClN2O2. The van der Waals surface area contributed by atoms with E-state index >= 15 is 0 Å². The van der Waals surface area contributed by atoms with Crippen molar-refractivity contribution in [2.75, 3.05) is 13.7 Å². The number of aromatic nitrogens is 2. The Labute approximate surface area is 107 Å². The van der Waals surface area contributed by atoms with Crippen molar-refractivity contribution in [2.45, 2.75) is 44.2 Å². The fraction of sp³-hybridized carbons (Fsp3) is 0.750. The summed E-state index contributed by atoms with van der Waals surface area (Å²) < 4.78 is 6.92. The van der Waals surface area contributed by atoms with Gasteiger partial charge in [-0.2, -0.15) is 5.10 Å². The Morgan fingerprint density at radius 3 is 3.00 bits per heavy atom. The first-order valence-corrected chi connectivity index (χ1v) is 6.50. The fourth-order valence-corrected chi connectivity index (χ4v) is 2.81. The zero-order valence-electron chi connectivity index (χ0n) is 10.1. The average Bonchev–Trinajstić information content (AvgIpc) is 2.69. The first-order valence-electron chi connectivity index (χ1n) is 6.12. The number of methoxy groups -OCH3 is 1. The number of aliphatic hydroxyl groups excluding tert-OH is 1. The lowest BCUT2D eigenvalue weighted by Crippen LogP contribution is -2.26. The topological polar surface area (TPSA) is 47.3 Å². The number of hydrogen-bond acceptors (Lipinski definition) is 3. The number of rotatable bonds is 4. The van der Waals surface area contributed by atoms with E-state index in [1.165, 1.54) is 0 Å². The first-order chi connectivity index (χ1) is 8.24. The van der Waals surface area contributed by atoms with Gasteiger partial charge in [-0.15, -0.1) is 0 Å². The van der Waals surface area contributed by atoms with Gasteiger partial charge in [-0.25, -0.2) is 0 Å². The lowest BCUT2D eigenvalue weighted by atomic mass is 9.84. The second-order valence-electron chi connectivity index (χ2n) is 4.55. The molecule has 96 valence electrons. The zero-order chi connectivity index (χ0) is 12.3. The number of hydrogen-bond donors (Lipinski definition) is 1. The summed E-state index contributed by atoms with van der Waals surface area (Å²) in [5.41, 5.74) is 0.968. The summed E-state index contributed by atoms with van der Waals surface area (Å²) in [6.45, 7) is 1.29. The monoisotopic (exact) mass is 258 g/mol. The van der Waals surface area contributed by atoms with Crippen LogP contribution in [0.5, 0.6) is 0 Å². The van der Waals surface area contributed by atoms with E-state index in [4.69, 9.17) is 16.3 Å². The van der Waals surface area contributed by atoms with Crippen LogP contribution in [0.15, 0.2) is 6.20 Å². The first kappa shape index (κ1) is 12.9. The van der Waals surface area contributed by atoms with Gasteiger partial charge in [0.05, 0.1) is 36.2 Å². The Morgan fingerprint density at radius 1 is 1.53 bits per heavy atom. The van der Waals surface area contributed by atoms with Crippen molar-refractivity contribution >= 4 is 11.6 Å². The van der Waals surface area contributed by atoms with Crippen LogP contribution in [0.4, 0.5) is 0 Å². The van der Waals surface area contributed by atoms with Crippen LogP contribution in [0, 0.1) is 0 Å². The van der Waals surface area contributed by atoms with Gasteiger partial charge in [0.25, 0.3) is 0 Å². The highest BCUT2D eigenvalue weighted by Crippen LogP contribution is 2.36. The van der Waals surface area contributed by atoms with Crippen molar-refractivity contribution in [3.8, 4) is 0 Å². The molecule has 0 aromatic carbocycles. The molecule has 0 bridgehead atoms. The summed E-state index contributed by atoms with van der Waals surface area (Å²) in [7, 11) is 1.67. The predicted molar refractivity (Wildman–Crippen MR) is 66.3 cm³/mol. The smallest absolute Gasteiger partial charge is 0.0821 e. The molecule has 0 aliphatic heterocycles. The molecule has 1 fully saturated rings. The maximum Gasteiger partial charge on any atom is 0.0821 e. The fourth-order valence-electron chi connectivity index (χ4n) is 2.53. The molecule has 1 heterocycles. The number of aliphatic hydroxyl groups is 1. The van der Waals surface area contributed by atoms with Crippen LogP contribution in [-0.2, 0) is 11.3 Å². The lowest BCUT2D eigenvalue weighted by Gasteiger charge is -2.28. The van der Waals surface area contributed by atoms with Crippen molar-refractivity contribution in [3.05, 3.63) is 16.9 Å². The molecular weight excluding hydrogens is 240 g/mol. The maximum atomic E-state index is 10.1. The number of nitrogens with zero attached hydrogens (tertiary/aromatic N) is 2. The van der Waals surface area contributed by atoms with Gasteiger partial charge < -0.3 is 9.84 Å². The van der Waals surface area contributed by atoms with E-state index in [2.05, 4.69) is 5.10 Å². The molecule has 4 nitrogen and oxygen atoms in total. The van der Waals surface area contributed by atoms with Gasteiger partial charge in [0.1, 0.15) is 0 Å². The Morgan fingerprint density at radius 2 is 2.29 bits per heavy atom. The van der Waals surface area contributed by atoms with Gasteiger partial charge in [0.15, 0.2) is 0 Å². The van der Waals surface area contributed by atoms with Gasteiger partial charge in [-0.3, -0.25) is 4.68 Å². The molecule has 1 aliphatic carbocycles. The molecule has 1 N–H and O–H groups in total. The quantitative estimate of drug-likeness (QED) is 0.901. The molecule has 2 atom stereocenters. The largest absolute Gasteiger partial charge is 0.392 e. The molecule has 0 amide bonds. The molecule has 5 heteroatoms. The van der Waals surface area contributed by atoms with Crippen LogP contribution in [-0.4, -0.2) is 34.7 Å². The molecule has 0 spiro atoms. The Bertz CT molecular complexity index is 367. The van der Waals surface area contributed by atoms with Crippen LogP contribution < -0.4 is 0 Å². The Kier molecular flexibility index (Phi) is 4.42.